The Balaban J connectivity index is 2.06. The Morgan fingerprint density at radius 3 is 2.62 bits per heavy atom. The first-order valence-electron chi connectivity index (χ1n) is 7.02. The maximum atomic E-state index is 12.8. The molecule has 0 amide bonds. The molecule has 0 radical (unpaired) electrons. The molecule has 0 aliphatic carbocycles. The normalized spacial score (nSPS) is 16.2. The summed E-state index contributed by atoms with van der Waals surface area (Å²) in [5.74, 6) is -0.994. The molecule has 0 aromatic heterocycles. The number of aliphatic imine (C=N–C) groups is 1. The summed E-state index contributed by atoms with van der Waals surface area (Å²) >= 11 is 11.9. The number of hydrogen-bond acceptors (Lipinski definition) is 5. The third-order valence-electron chi connectivity index (χ3n) is 3.53. The summed E-state index contributed by atoms with van der Waals surface area (Å²) < 4.78 is 4.75. The monoisotopic (exact) mass is 362 g/mol. The number of carbonyl (C=O) groups is 2. The molecule has 24 heavy (non-hydrogen) atoms. The molecule has 1 aliphatic rings. The summed E-state index contributed by atoms with van der Waals surface area (Å²) in [4.78, 5) is 29.2. The Kier molecular flexibility index (Phi) is 4.55. The van der Waals surface area contributed by atoms with E-state index in [9.17, 15) is 9.59 Å². The minimum Gasteiger partial charge on any atom is -0.464 e. The molecular weight excluding hydrogens is 351 g/mol. The van der Waals surface area contributed by atoms with E-state index in [-0.39, 0.29) is 11.5 Å². The Labute approximate surface area is 148 Å². The third kappa shape index (κ3) is 3.13. The van der Waals surface area contributed by atoms with Crippen molar-refractivity contribution in [1.82, 2.24) is 0 Å². The van der Waals surface area contributed by atoms with Crippen molar-refractivity contribution in [2.75, 3.05) is 12.4 Å². The summed E-state index contributed by atoms with van der Waals surface area (Å²) in [5.41, 5.74) is 1.30. The molecule has 0 fully saturated rings. The van der Waals surface area contributed by atoms with E-state index in [1.807, 2.05) is 0 Å². The van der Waals surface area contributed by atoms with Crippen LogP contribution in [0.4, 0.5) is 11.4 Å². The Hall–Kier alpha value is -2.37. The molecule has 0 saturated heterocycles. The van der Waals surface area contributed by atoms with Gasteiger partial charge >= 0.3 is 5.97 Å². The molecule has 1 atom stereocenters. The Morgan fingerprint density at radius 1 is 1.17 bits per heavy atom. The van der Waals surface area contributed by atoms with Crippen LogP contribution in [0, 0.1) is 0 Å². The number of hydrogen-bond donors (Lipinski definition) is 1. The van der Waals surface area contributed by atoms with E-state index in [1.54, 1.807) is 36.4 Å². The number of nitrogens with one attached hydrogen (secondary N) is 1. The van der Waals surface area contributed by atoms with Gasteiger partial charge in [0.05, 0.1) is 12.8 Å². The minimum atomic E-state index is -0.984. The van der Waals surface area contributed by atoms with Crippen LogP contribution in [-0.2, 0) is 9.53 Å². The highest BCUT2D eigenvalue weighted by Gasteiger charge is 2.36. The van der Waals surface area contributed by atoms with E-state index >= 15 is 0 Å². The van der Waals surface area contributed by atoms with Crippen LogP contribution in [0.5, 0.6) is 0 Å². The summed E-state index contributed by atoms with van der Waals surface area (Å²) in [5, 5.41) is 3.91. The number of nitrogens with zero attached hydrogens (tertiary/aromatic N) is 1. The number of carbonyl (C=O) groups excluding carboxylic acids is 2. The number of anilines is 1. The number of methoxy groups -OCH3 is 1. The molecule has 7 heteroatoms. The number of Topliss-reactive ketones (excluding diaryl/α,β-unsaturated/α-hetero) is 1. The molecule has 1 heterocycles. The highest BCUT2D eigenvalue weighted by molar-refractivity contribution is 6.47. The van der Waals surface area contributed by atoms with Gasteiger partial charge in [-0.25, -0.2) is 9.79 Å². The van der Waals surface area contributed by atoms with Crippen molar-refractivity contribution in [3.63, 3.8) is 0 Å². The zero-order valence-corrected chi connectivity index (χ0v) is 14.1. The summed E-state index contributed by atoms with van der Waals surface area (Å²) in [6, 6.07) is 10.6. The van der Waals surface area contributed by atoms with Crippen LogP contribution in [0.1, 0.15) is 10.4 Å². The molecule has 1 unspecified atom stereocenters. The minimum absolute atomic E-state index is 0.0164. The summed E-state index contributed by atoms with van der Waals surface area (Å²) in [6.45, 7) is 0. The summed E-state index contributed by atoms with van der Waals surface area (Å²) in [7, 11) is 1.24. The number of esters is 1. The number of rotatable bonds is 3. The number of ketones is 1. The second-order valence-electron chi connectivity index (χ2n) is 5.10. The van der Waals surface area contributed by atoms with E-state index in [2.05, 4.69) is 10.3 Å². The van der Waals surface area contributed by atoms with E-state index < -0.39 is 12.0 Å². The number of ether oxygens (including phenoxy) is 1. The predicted molar refractivity (Wildman–Crippen MR) is 93.8 cm³/mol. The molecule has 3 rings (SSSR count). The number of benzene rings is 2. The molecule has 0 spiro atoms. The lowest BCUT2D eigenvalue weighted by Crippen LogP contribution is -2.44. The van der Waals surface area contributed by atoms with Crippen LogP contribution in [-0.4, -0.2) is 30.6 Å². The maximum Gasteiger partial charge on any atom is 0.355 e. The fraction of sp³-hybridized carbons (Fsp3) is 0.118. The molecule has 5 nitrogen and oxygen atoms in total. The zero-order chi connectivity index (χ0) is 17.3. The molecule has 2 aromatic rings. The van der Waals surface area contributed by atoms with E-state index in [0.717, 1.165) is 0 Å². The van der Waals surface area contributed by atoms with Crippen LogP contribution >= 0.6 is 23.2 Å². The second kappa shape index (κ2) is 6.63. The zero-order valence-electron chi connectivity index (χ0n) is 12.5. The largest absolute Gasteiger partial charge is 0.464 e. The molecule has 122 valence electrons. The summed E-state index contributed by atoms with van der Waals surface area (Å²) in [6.07, 6.45) is 0. The average molecular weight is 363 g/mol. The average Bonchev–Trinajstić information content (AvgIpc) is 2.57. The van der Waals surface area contributed by atoms with Crippen molar-refractivity contribution in [1.29, 1.82) is 0 Å². The topological polar surface area (TPSA) is 67.8 Å². The third-order valence-corrected chi connectivity index (χ3v) is 4.00. The first-order valence-corrected chi connectivity index (χ1v) is 7.78. The van der Waals surface area contributed by atoms with E-state index in [0.29, 0.717) is 27.0 Å². The van der Waals surface area contributed by atoms with Gasteiger partial charge in [0.25, 0.3) is 0 Å². The van der Waals surface area contributed by atoms with Crippen LogP contribution in [0.15, 0.2) is 47.5 Å². The van der Waals surface area contributed by atoms with Gasteiger partial charge in [-0.15, -0.1) is 0 Å². The Bertz CT molecular complexity index is 865. The first-order chi connectivity index (χ1) is 11.5. The quantitative estimate of drug-likeness (QED) is 0.840. The van der Waals surface area contributed by atoms with Crippen LogP contribution in [0.2, 0.25) is 10.0 Å². The predicted octanol–water partition coefficient (Wildman–Crippen LogP) is 3.92. The van der Waals surface area contributed by atoms with Crippen molar-refractivity contribution in [3.8, 4) is 0 Å². The molecular formula is C17H12Cl2N2O3. The van der Waals surface area contributed by atoms with Gasteiger partial charge in [0.1, 0.15) is 6.04 Å². The van der Waals surface area contributed by atoms with Crippen molar-refractivity contribution < 1.29 is 14.3 Å². The lowest BCUT2D eigenvalue weighted by molar-refractivity contribution is -0.132. The highest BCUT2D eigenvalue weighted by atomic mass is 35.5. The van der Waals surface area contributed by atoms with Gasteiger partial charge in [-0.3, -0.25) is 4.79 Å². The second-order valence-corrected chi connectivity index (χ2v) is 5.97. The van der Waals surface area contributed by atoms with Gasteiger partial charge in [-0.1, -0.05) is 29.3 Å². The molecule has 1 aliphatic heterocycles. The van der Waals surface area contributed by atoms with Crippen LogP contribution < -0.4 is 5.32 Å². The van der Waals surface area contributed by atoms with E-state index in [4.69, 9.17) is 27.9 Å². The van der Waals surface area contributed by atoms with Gasteiger partial charge in [0, 0.05) is 21.3 Å². The molecule has 0 saturated carbocycles. The van der Waals surface area contributed by atoms with Crippen LogP contribution in [0.3, 0.4) is 0 Å². The van der Waals surface area contributed by atoms with Crippen molar-refractivity contribution >= 4 is 52.0 Å². The maximum absolute atomic E-state index is 12.8. The highest BCUT2D eigenvalue weighted by Crippen LogP contribution is 2.30. The number of halogens is 2. The first kappa shape index (κ1) is 16.5. The lowest BCUT2D eigenvalue weighted by atomic mass is 9.95. The van der Waals surface area contributed by atoms with Crippen LogP contribution in [0.25, 0.3) is 0 Å². The van der Waals surface area contributed by atoms with Gasteiger partial charge in [-0.05, 0) is 36.4 Å². The van der Waals surface area contributed by atoms with Crippen molar-refractivity contribution in [3.05, 3.63) is 58.1 Å². The standard InChI is InChI=1S/C17H12Cl2N2O3/c1-24-17(23)15-14(20-11-4-2-3-9(18)7-11)16(22)12-8-10(19)5-6-13(12)21-15/h2-8,14,20H,1H3. The Morgan fingerprint density at radius 2 is 1.92 bits per heavy atom. The molecule has 0 bridgehead atoms. The molecule has 2 aromatic carbocycles. The van der Waals surface area contributed by atoms with Crippen molar-refractivity contribution in [2.45, 2.75) is 6.04 Å². The van der Waals surface area contributed by atoms with Gasteiger partial charge in [-0.2, -0.15) is 0 Å². The fourth-order valence-electron chi connectivity index (χ4n) is 2.42. The van der Waals surface area contributed by atoms with Gasteiger partial charge < -0.3 is 10.1 Å². The van der Waals surface area contributed by atoms with E-state index in [1.165, 1.54) is 13.2 Å². The molecule has 1 N–H and O–H groups in total. The number of fused-ring (bicyclic) bond motifs is 1. The SMILES string of the molecule is COC(=O)C1=Nc2ccc(Cl)cc2C(=O)C1Nc1cccc(Cl)c1. The van der Waals surface area contributed by atoms with Crippen molar-refractivity contribution in [2.24, 2.45) is 4.99 Å². The van der Waals surface area contributed by atoms with Gasteiger partial charge in [0.2, 0.25) is 0 Å². The fourth-order valence-corrected chi connectivity index (χ4v) is 2.79. The lowest BCUT2D eigenvalue weighted by Gasteiger charge is -2.24. The van der Waals surface area contributed by atoms with Gasteiger partial charge in [0.15, 0.2) is 11.5 Å². The smallest absolute Gasteiger partial charge is 0.355 e.